The highest BCUT2D eigenvalue weighted by Gasteiger charge is 2.49. The molecule has 1 aliphatic heterocycles. The highest BCUT2D eigenvalue weighted by atomic mass is 35.5. The summed E-state index contributed by atoms with van der Waals surface area (Å²) in [7, 11) is 0. The van der Waals surface area contributed by atoms with Crippen molar-refractivity contribution < 1.29 is 9.59 Å². The Hall–Kier alpha value is -2.40. The van der Waals surface area contributed by atoms with Crippen LogP contribution >= 0.6 is 11.6 Å². The minimum Gasteiger partial charge on any atom is -0.369 e. The van der Waals surface area contributed by atoms with Crippen molar-refractivity contribution in [3.05, 3.63) is 64.9 Å². The number of carbonyl (C=O) groups excluding carboxylic acids is 2. The summed E-state index contributed by atoms with van der Waals surface area (Å²) in [6.45, 7) is 0.920. The van der Waals surface area contributed by atoms with Crippen LogP contribution in [0.5, 0.6) is 0 Å². The molecule has 2 N–H and O–H groups in total. The lowest BCUT2D eigenvalue weighted by Gasteiger charge is -2.46. The van der Waals surface area contributed by atoms with Crippen molar-refractivity contribution >= 4 is 23.4 Å². The van der Waals surface area contributed by atoms with Gasteiger partial charge in [0.05, 0.1) is 11.1 Å². The van der Waals surface area contributed by atoms with Gasteiger partial charge in [0.1, 0.15) is 5.41 Å². The third-order valence-corrected chi connectivity index (χ3v) is 7.17. The molecule has 2 amide bonds. The van der Waals surface area contributed by atoms with E-state index in [0.29, 0.717) is 23.7 Å². The highest BCUT2D eigenvalue weighted by Crippen LogP contribution is 2.43. The first-order chi connectivity index (χ1) is 14.5. The average Bonchev–Trinajstić information content (AvgIpc) is 2.80. The summed E-state index contributed by atoms with van der Waals surface area (Å²) in [5.74, 6) is -0.311. The van der Waals surface area contributed by atoms with Crippen LogP contribution in [0.15, 0.2) is 48.7 Å². The van der Waals surface area contributed by atoms with Gasteiger partial charge in [-0.15, -0.1) is 0 Å². The normalized spacial score (nSPS) is 23.7. The van der Waals surface area contributed by atoms with E-state index in [-0.39, 0.29) is 12.5 Å². The van der Waals surface area contributed by atoms with Crippen LogP contribution in [0.3, 0.4) is 0 Å². The molecule has 2 aliphatic rings. The fraction of sp³-hybridized carbons (Fsp3) is 0.458. The largest absolute Gasteiger partial charge is 0.369 e. The van der Waals surface area contributed by atoms with E-state index in [1.54, 1.807) is 6.20 Å². The molecule has 4 rings (SSSR count). The highest BCUT2D eigenvalue weighted by molar-refractivity contribution is 6.30. The summed E-state index contributed by atoms with van der Waals surface area (Å²) in [6.07, 6.45) is 7.82. The van der Waals surface area contributed by atoms with Crippen molar-refractivity contribution in [3.63, 3.8) is 0 Å². The molecule has 0 bridgehead atoms. The molecule has 2 aromatic rings. The van der Waals surface area contributed by atoms with Crippen molar-refractivity contribution in [2.24, 2.45) is 5.73 Å². The number of nitrogens with two attached hydrogens (primary N) is 1. The molecule has 1 aliphatic carbocycles. The number of piperidine rings is 1. The zero-order chi connectivity index (χ0) is 21.2. The van der Waals surface area contributed by atoms with Gasteiger partial charge in [-0.2, -0.15) is 0 Å². The van der Waals surface area contributed by atoms with Gasteiger partial charge in [-0.3, -0.25) is 14.6 Å². The van der Waals surface area contributed by atoms with E-state index in [9.17, 15) is 9.59 Å². The Balaban J connectivity index is 1.70. The Bertz CT molecular complexity index is 910. The summed E-state index contributed by atoms with van der Waals surface area (Å²) >= 11 is 6.11. The fourth-order valence-corrected chi connectivity index (χ4v) is 5.39. The quantitative estimate of drug-likeness (QED) is 0.804. The topological polar surface area (TPSA) is 76.3 Å². The monoisotopic (exact) mass is 425 g/mol. The Labute approximate surface area is 182 Å². The van der Waals surface area contributed by atoms with Gasteiger partial charge in [0.2, 0.25) is 11.8 Å². The van der Waals surface area contributed by atoms with Crippen molar-refractivity contribution in [2.45, 2.75) is 55.8 Å². The molecule has 1 unspecified atom stereocenters. The molecule has 1 atom stereocenters. The number of nitrogens with zero attached hydrogens (tertiary/aromatic N) is 2. The van der Waals surface area contributed by atoms with E-state index in [2.05, 4.69) is 4.98 Å². The SMILES string of the molecule is NC(=O)C1(c2ccccn2)CCCN(C(=O)C2(c3ccc(Cl)cc3)CCCCC2)C1. The van der Waals surface area contributed by atoms with Crippen LogP contribution in [0.1, 0.15) is 56.2 Å². The second-order valence-electron chi connectivity index (χ2n) is 8.64. The lowest BCUT2D eigenvalue weighted by atomic mass is 9.67. The minimum absolute atomic E-state index is 0.103. The van der Waals surface area contributed by atoms with Crippen LogP contribution in [0, 0.1) is 0 Å². The van der Waals surface area contributed by atoms with Gasteiger partial charge < -0.3 is 10.6 Å². The first-order valence-corrected chi connectivity index (χ1v) is 11.1. The van der Waals surface area contributed by atoms with E-state index in [4.69, 9.17) is 17.3 Å². The molecule has 0 radical (unpaired) electrons. The summed E-state index contributed by atoms with van der Waals surface area (Å²) < 4.78 is 0. The number of primary amides is 1. The van der Waals surface area contributed by atoms with Crippen molar-refractivity contribution in [3.8, 4) is 0 Å². The predicted molar refractivity (Wildman–Crippen MR) is 117 cm³/mol. The van der Waals surface area contributed by atoms with Crippen molar-refractivity contribution in [1.29, 1.82) is 0 Å². The van der Waals surface area contributed by atoms with Crippen LogP contribution in [0.4, 0.5) is 0 Å². The first-order valence-electron chi connectivity index (χ1n) is 10.7. The maximum atomic E-state index is 14.0. The van der Waals surface area contributed by atoms with Crippen LogP contribution in [-0.2, 0) is 20.4 Å². The van der Waals surface area contributed by atoms with Gasteiger partial charge in [-0.05, 0) is 55.5 Å². The van der Waals surface area contributed by atoms with Gasteiger partial charge in [0.15, 0.2) is 0 Å². The van der Waals surface area contributed by atoms with Gasteiger partial charge >= 0.3 is 0 Å². The van der Waals surface area contributed by atoms with Crippen LogP contribution < -0.4 is 5.73 Å². The summed E-state index contributed by atoms with van der Waals surface area (Å²) in [5.41, 5.74) is 6.07. The molecule has 1 saturated carbocycles. The average molecular weight is 426 g/mol. The molecule has 30 heavy (non-hydrogen) atoms. The maximum Gasteiger partial charge on any atom is 0.233 e. The third-order valence-electron chi connectivity index (χ3n) is 6.92. The zero-order valence-electron chi connectivity index (χ0n) is 17.1. The number of aromatic nitrogens is 1. The molecule has 158 valence electrons. The van der Waals surface area contributed by atoms with E-state index in [1.807, 2.05) is 47.4 Å². The first kappa shape index (κ1) is 20.9. The van der Waals surface area contributed by atoms with Crippen LogP contribution in [-0.4, -0.2) is 34.8 Å². The number of rotatable bonds is 4. The number of hydrogen-bond donors (Lipinski definition) is 1. The van der Waals surface area contributed by atoms with Crippen LogP contribution in [0.25, 0.3) is 0 Å². The van der Waals surface area contributed by atoms with Gasteiger partial charge in [-0.25, -0.2) is 0 Å². The number of benzene rings is 1. The van der Waals surface area contributed by atoms with Crippen LogP contribution in [0.2, 0.25) is 5.02 Å². The minimum atomic E-state index is -0.939. The molecule has 1 aromatic carbocycles. The van der Waals surface area contributed by atoms with Gasteiger partial charge in [-0.1, -0.05) is 49.1 Å². The molecular formula is C24H28ClN3O2. The molecule has 6 heteroatoms. The van der Waals surface area contributed by atoms with Crippen molar-refractivity contribution in [1.82, 2.24) is 9.88 Å². The van der Waals surface area contributed by atoms with Gasteiger partial charge in [0.25, 0.3) is 0 Å². The Morgan fingerprint density at radius 1 is 0.933 bits per heavy atom. The second kappa shape index (κ2) is 8.38. The number of amides is 2. The second-order valence-corrected chi connectivity index (χ2v) is 9.08. The summed E-state index contributed by atoms with van der Waals surface area (Å²) in [6, 6.07) is 13.2. The molecule has 5 nitrogen and oxygen atoms in total. The Morgan fingerprint density at radius 3 is 2.27 bits per heavy atom. The van der Waals surface area contributed by atoms with Crippen molar-refractivity contribution in [2.75, 3.05) is 13.1 Å². The zero-order valence-corrected chi connectivity index (χ0v) is 17.9. The molecule has 1 aromatic heterocycles. The third kappa shape index (κ3) is 3.60. The number of likely N-dealkylation sites (tertiary alicyclic amines) is 1. The smallest absolute Gasteiger partial charge is 0.233 e. The van der Waals surface area contributed by atoms with E-state index < -0.39 is 16.7 Å². The molecule has 2 heterocycles. The lowest BCUT2D eigenvalue weighted by Crippen LogP contribution is -2.59. The molecular weight excluding hydrogens is 398 g/mol. The Kier molecular flexibility index (Phi) is 5.83. The molecule has 0 spiro atoms. The molecule has 1 saturated heterocycles. The lowest BCUT2D eigenvalue weighted by molar-refractivity contribution is -0.143. The van der Waals surface area contributed by atoms with E-state index in [0.717, 1.165) is 44.1 Å². The standard InChI is InChI=1S/C24H28ClN3O2/c25-19-10-8-18(9-11-19)23(12-3-1-4-13-23)22(30)28-16-6-14-24(17-28,21(26)29)20-7-2-5-15-27-20/h2,5,7-11,15H,1,3-4,6,12-14,16-17H2,(H2,26,29). The van der Waals surface area contributed by atoms with Gasteiger partial charge in [0, 0.05) is 24.3 Å². The molecule has 2 fully saturated rings. The van der Waals surface area contributed by atoms with E-state index in [1.165, 1.54) is 0 Å². The number of carbonyl (C=O) groups is 2. The maximum absolute atomic E-state index is 14.0. The summed E-state index contributed by atoms with van der Waals surface area (Å²) in [5, 5.41) is 0.665. The summed E-state index contributed by atoms with van der Waals surface area (Å²) in [4.78, 5) is 33.0. The number of pyridine rings is 1. The van der Waals surface area contributed by atoms with E-state index >= 15 is 0 Å². The number of halogens is 1. The fourth-order valence-electron chi connectivity index (χ4n) is 5.26. The number of hydrogen-bond acceptors (Lipinski definition) is 3. The Morgan fingerprint density at radius 2 is 1.63 bits per heavy atom. The predicted octanol–water partition coefficient (Wildman–Crippen LogP) is 3.98.